The number of carbonyl (C=O) groups is 4. The molecule has 0 saturated carbocycles. The Hall–Kier alpha value is -1.81. The third-order valence-electron chi connectivity index (χ3n) is 2.74. The lowest BCUT2D eigenvalue weighted by molar-refractivity contribution is -0.143. The van der Waals surface area contributed by atoms with Gasteiger partial charge in [-0.15, -0.1) is 0 Å². The molecule has 0 aliphatic heterocycles. The van der Waals surface area contributed by atoms with E-state index in [9.17, 15) is 19.2 Å². The van der Waals surface area contributed by atoms with E-state index in [-0.39, 0.29) is 0 Å². The van der Waals surface area contributed by atoms with Crippen molar-refractivity contribution < 1.29 is 24.3 Å². The number of amides is 3. The van der Waals surface area contributed by atoms with Crippen LogP contribution in [0.25, 0.3) is 0 Å². The summed E-state index contributed by atoms with van der Waals surface area (Å²) in [5.74, 6) is -2.78. The van der Waals surface area contributed by atoms with Gasteiger partial charge in [-0.3, -0.25) is 14.4 Å². The van der Waals surface area contributed by atoms with Gasteiger partial charge in [0.25, 0.3) is 0 Å². The average Bonchev–Trinajstić information content (AvgIpc) is 2.42. The maximum absolute atomic E-state index is 11.8. The minimum absolute atomic E-state index is 0.459. The second-order valence-electron chi connectivity index (χ2n) is 4.69. The molecule has 3 atom stereocenters. The van der Waals surface area contributed by atoms with Crippen LogP contribution in [0.2, 0.25) is 0 Å². The van der Waals surface area contributed by atoms with E-state index in [4.69, 9.17) is 16.6 Å². The number of carbonyl (C=O) groups excluding carboxylic acids is 3. The van der Waals surface area contributed by atoms with Crippen molar-refractivity contribution in [1.29, 1.82) is 0 Å². The molecule has 3 amide bonds. The number of primary amides is 1. The standard InChI is InChI=1S/C12H22N4O5S/c1-6(15-11(19)7(13)3-4-22-2)10(18)16-8(12(20)21)5-9(14)17/h6-8H,3-5,13H2,1-2H3,(H2,14,17)(H,15,19)(H,16,18)(H,20,21). The molecule has 0 fully saturated rings. The van der Waals surface area contributed by atoms with Crippen molar-refractivity contribution in [2.24, 2.45) is 11.5 Å². The van der Waals surface area contributed by atoms with Crippen LogP contribution in [0.15, 0.2) is 0 Å². The molecule has 10 heteroatoms. The molecule has 0 aliphatic rings. The van der Waals surface area contributed by atoms with Crippen LogP contribution in [0.1, 0.15) is 19.8 Å². The summed E-state index contributed by atoms with van der Waals surface area (Å²) in [6.07, 6.45) is 1.81. The van der Waals surface area contributed by atoms with Crippen molar-refractivity contribution in [2.45, 2.75) is 37.9 Å². The summed E-state index contributed by atoms with van der Waals surface area (Å²) in [6.45, 7) is 1.39. The Kier molecular flexibility index (Phi) is 9.18. The van der Waals surface area contributed by atoms with E-state index in [1.165, 1.54) is 6.92 Å². The zero-order valence-corrected chi connectivity index (χ0v) is 13.3. The lowest BCUT2D eigenvalue weighted by Crippen LogP contribution is -2.53. The third-order valence-corrected chi connectivity index (χ3v) is 3.39. The molecule has 22 heavy (non-hydrogen) atoms. The van der Waals surface area contributed by atoms with Gasteiger partial charge in [0.05, 0.1) is 12.5 Å². The predicted molar refractivity (Wildman–Crippen MR) is 82.0 cm³/mol. The number of thioether (sulfide) groups is 1. The Balaban J connectivity index is 4.49. The van der Waals surface area contributed by atoms with Gasteiger partial charge in [-0.1, -0.05) is 0 Å². The summed E-state index contributed by atoms with van der Waals surface area (Å²) in [7, 11) is 0. The first kappa shape index (κ1) is 20.2. The van der Waals surface area contributed by atoms with Gasteiger partial charge in [-0.25, -0.2) is 4.79 Å². The highest BCUT2D eigenvalue weighted by molar-refractivity contribution is 7.98. The Bertz CT molecular complexity index is 432. The third kappa shape index (κ3) is 7.84. The van der Waals surface area contributed by atoms with Crippen molar-refractivity contribution in [2.75, 3.05) is 12.0 Å². The lowest BCUT2D eigenvalue weighted by atomic mass is 10.1. The lowest BCUT2D eigenvalue weighted by Gasteiger charge is -2.19. The Morgan fingerprint density at radius 3 is 2.23 bits per heavy atom. The van der Waals surface area contributed by atoms with Gasteiger partial charge in [0.15, 0.2) is 0 Å². The highest BCUT2D eigenvalue weighted by Crippen LogP contribution is 1.99. The van der Waals surface area contributed by atoms with E-state index in [0.29, 0.717) is 12.2 Å². The number of aliphatic carboxylic acids is 1. The van der Waals surface area contributed by atoms with Crippen LogP contribution < -0.4 is 22.1 Å². The van der Waals surface area contributed by atoms with E-state index >= 15 is 0 Å². The van der Waals surface area contributed by atoms with Gasteiger partial charge >= 0.3 is 5.97 Å². The minimum Gasteiger partial charge on any atom is -0.480 e. The molecule has 0 aliphatic carbocycles. The van der Waals surface area contributed by atoms with Gasteiger partial charge in [0, 0.05) is 0 Å². The fraction of sp³-hybridized carbons (Fsp3) is 0.667. The molecule has 0 heterocycles. The average molecular weight is 334 g/mol. The summed E-state index contributed by atoms with van der Waals surface area (Å²) < 4.78 is 0. The molecular weight excluding hydrogens is 312 g/mol. The van der Waals surface area contributed by atoms with Gasteiger partial charge in [0.2, 0.25) is 17.7 Å². The smallest absolute Gasteiger partial charge is 0.326 e. The molecule has 7 N–H and O–H groups in total. The predicted octanol–water partition coefficient (Wildman–Crippen LogP) is -1.98. The fourth-order valence-corrected chi connectivity index (χ4v) is 1.95. The SMILES string of the molecule is CSCCC(N)C(=O)NC(C)C(=O)NC(CC(N)=O)C(=O)O. The number of carboxylic acids is 1. The maximum Gasteiger partial charge on any atom is 0.326 e. The fourth-order valence-electron chi connectivity index (χ4n) is 1.46. The maximum atomic E-state index is 11.8. The number of nitrogens with two attached hydrogens (primary N) is 2. The van der Waals surface area contributed by atoms with E-state index in [2.05, 4.69) is 10.6 Å². The van der Waals surface area contributed by atoms with Crippen LogP contribution in [-0.2, 0) is 19.2 Å². The van der Waals surface area contributed by atoms with E-state index in [1.54, 1.807) is 11.8 Å². The number of nitrogens with one attached hydrogen (secondary N) is 2. The van der Waals surface area contributed by atoms with E-state index in [1.807, 2.05) is 6.26 Å². The first-order valence-electron chi connectivity index (χ1n) is 6.55. The normalized spacial score (nSPS) is 14.5. The molecule has 0 aromatic heterocycles. The molecule has 126 valence electrons. The van der Waals surface area contributed by atoms with Crippen molar-refractivity contribution in [3.05, 3.63) is 0 Å². The van der Waals surface area contributed by atoms with Crippen LogP contribution in [-0.4, -0.2) is 58.9 Å². The number of hydrogen-bond acceptors (Lipinski definition) is 6. The summed E-state index contributed by atoms with van der Waals surface area (Å²) in [5, 5.41) is 13.4. The zero-order valence-electron chi connectivity index (χ0n) is 12.5. The topological polar surface area (TPSA) is 165 Å². The number of carboxylic acid groups (broad SMARTS) is 1. The molecule has 0 saturated heterocycles. The first-order valence-corrected chi connectivity index (χ1v) is 7.94. The quantitative estimate of drug-likeness (QED) is 0.309. The van der Waals surface area contributed by atoms with Crippen molar-refractivity contribution in [1.82, 2.24) is 10.6 Å². The zero-order chi connectivity index (χ0) is 17.3. The van der Waals surface area contributed by atoms with Gasteiger partial charge < -0.3 is 27.2 Å². The Morgan fingerprint density at radius 1 is 1.18 bits per heavy atom. The van der Waals surface area contributed by atoms with Crippen molar-refractivity contribution in [3.63, 3.8) is 0 Å². The van der Waals surface area contributed by atoms with Gasteiger partial charge in [-0.2, -0.15) is 11.8 Å². The van der Waals surface area contributed by atoms with Crippen LogP contribution in [0.5, 0.6) is 0 Å². The second kappa shape index (κ2) is 10.0. The molecule has 0 radical (unpaired) electrons. The van der Waals surface area contributed by atoms with Crippen molar-refractivity contribution in [3.8, 4) is 0 Å². The molecule has 0 rings (SSSR count). The van der Waals surface area contributed by atoms with Crippen molar-refractivity contribution >= 4 is 35.5 Å². The van der Waals surface area contributed by atoms with Gasteiger partial charge in [-0.05, 0) is 25.4 Å². The molecule has 0 aromatic carbocycles. The number of rotatable bonds is 10. The summed E-state index contributed by atoms with van der Waals surface area (Å²) in [6, 6.07) is -3.17. The van der Waals surface area contributed by atoms with Crippen LogP contribution in [0.3, 0.4) is 0 Å². The largest absolute Gasteiger partial charge is 0.480 e. The van der Waals surface area contributed by atoms with Crippen LogP contribution in [0.4, 0.5) is 0 Å². The molecule has 3 unspecified atom stereocenters. The van der Waals surface area contributed by atoms with E-state index < -0.39 is 48.2 Å². The Morgan fingerprint density at radius 2 is 1.77 bits per heavy atom. The molecule has 0 bridgehead atoms. The minimum atomic E-state index is -1.44. The first-order chi connectivity index (χ1) is 10.2. The highest BCUT2D eigenvalue weighted by atomic mass is 32.2. The molecule has 0 aromatic rings. The van der Waals surface area contributed by atoms with Crippen LogP contribution in [0, 0.1) is 0 Å². The summed E-state index contributed by atoms with van der Waals surface area (Å²) in [4.78, 5) is 45.2. The van der Waals surface area contributed by atoms with Crippen LogP contribution >= 0.6 is 11.8 Å². The van der Waals surface area contributed by atoms with E-state index in [0.717, 1.165) is 0 Å². The van der Waals surface area contributed by atoms with Gasteiger partial charge in [0.1, 0.15) is 12.1 Å². The number of hydrogen-bond donors (Lipinski definition) is 5. The summed E-state index contributed by atoms with van der Waals surface area (Å²) >= 11 is 1.54. The Labute approximate surface area is 132 Å². The second-order valence-corrected chi connectivity index (χ2v) is 5.67. The molecule has 0 spiro atoms. The molecule has 9 nitrogen and oxygen atoms in total. The molecular formula is C12H22N4O5S. The summed E-state index contributed by atoms with van der Waals surface area (Å²) in [5.41, 5.74) is 10.6. The monoisotopic (exact) mass is 334 g/mol. The highest BCUT2D eigenvalue weighted by Gasteiger charge is 2.26.